The summed E-state index contributed by atoms with van der Waals surface area (Å²) in [6.07, 6.45) is 3.32. The molecule has 158 valence electrons. The molecule has 1 saturated heterocycles. The fraction of sp³-hybridized carbons (Fsp3) is 0.591. The van der Waals surface area contributed by atoms with Crippen molar-refractivity contribution >= 4 is 17.7 Å². The number of rotatable bonds is 6. The van der Waals surface area contributed by atoms with E-state index in [1.165, 1.54) is 25.7 Å². The minimum Gasteiger partial charge on any atom is -0.494 e. The van der Waals surface area contributed by atoms with Gasteiger partial charge in [-0.1, -0.05) is 26.7 Å². The summed E-state index contributed by atoms with van der Waals surface area (Å²) in [5.41, 5.74) is 0.102. The number of likely N-dealkylation sites (tertiary alicyclic amines) is 1. The standard InChI is InChI=1S/C22H28FNO5/c1-13-5-4-6-18(14(13)2)24-11-16(10-21(24)26)22(27)29-12-19(25)15-7-8-20(28-3)17(23)9-15/h7-9,13-14,16,18H,4-6,10-12H2,1-3H3/t13-,14+,16+,18-/m0/s1. The van der Waals surface area contributed by atoms with Gasteiger partial charge in [0.25, 0.3) is 0 Å². The van der Waals surface area contributed by atoms with Gasteiger partial charge >= 0.3 is 5.97 Å². The molecule has 1 amide bonds. The fourth-order valence-corrected chi connectivity index (χ4v) is 4.38. The van der Waals surface area contributed by atoms with Gasteiger partial charge in [0.1, 0.15) is 0 Å². The molecule has 6 nitrogen and oxygen atoms in total. The van der Waals surface area contributed by atoms with Crippen molar-refractivity contribution in [3.8, 4) is 5.75 Å². The number of esters is 1. The van der Waals surface area contributed by atoms with Crippen molar-refractivity contribution in [1.82, 2.24) is 4.90 Å². The van der Waals surface area contributed by atoms with E-state index in [1.54, 1.807) is 0 Å². The maximum atomic E-state index is 13.7. The number of ether oxygens (including phenoxy) is 2. The normalized spacial score (nSPS) is 27.0. The minimum absolute atomic E-state index is 0.0264. The first-order valence-corrected chi connectivity index (χ1v) is 10.1. The van der Waals surface area contributed by atoms with Crippen LogP contribution < -0.4 is 4.74 Å². The van der Waals surface area contributed by atoms with Crippen LogP contribution in [0.25, 0.3) is 0 Å². The van der Waals surface area contributed by atoms with Crippen molar-refractivity contribution in [1.29, 1.82) is 0 Å². The van der Waals surface area contributed by atoms with Crippen molar-refractivity contribution in [2.75, 3.05) is 20.3 Å². The average Bonchev–Trinajstić information content (AvgIpc) is 3.09. The molecule has 1 saturated carbocycles. The van der Waals surface area contributed by atoms with Crippen LogP contribution in [0.2, 0.25) is 0 Å². The van der Waals surface area contributed by atoms with E-state index in [0.29, 0.717) is 18.4 Å². The Labute approximate surface area is 170 Å². The topological polar surface area (TPSA) is 72.9 Å². The summed E-state index contributed by atoms with van der Waals surface area (Å²) in [7, 11) is 1.34. The Balaban J connectivity index is 1.55. The number of Topliss-reactive ketones (excluding diaryl/α,β-unsaturated/α-hetero) is 1. The van der Waals surface area contributed by atoms with E-state index in [2.05, 4.69) is 13.8 Å². The third-order valence-corrected chi connectivity index (χ3v) is 6.38. The lowest BCUT2D eigenvalue weighted by molar-refractivity contribution is -0.147. The van der Waals surface area contributed by atoms with Gasteiger partial charge in [-0.2, -0.15) is 0 Å². The first-order valence-electron chi connectivity index (χ1n) is 10.1. The van der Waals surface area contributed by atoms with Gasteiger partial charge in [0.15, 0.2) is 24.0 Å². The molecule has 1 aliphatic carbocycles. The van der Waals surface area contributed by atoms with Crippen molar-refractivity contribution in [3.05, 3.63) is 29.6 Å². The Bertz CT molecular complexity index is 795. The molecule has 7 heteroatoms. The monoisotopic (exact) mass is 405 g/mol. The number of carbonyl (C=O) groups excluding carboxylic acids is 3. The summed E-state index contributed by atoms with van der Waals surface area (Å²) in [4.78, 5) is 39.0. The first-order chi connectivity index (χ1) is 13.8. The molecule has 0 aromatic heterocycles. The summed E-state index contributed by atoms with van der Waals surface area (Å²) < 4.78 is 23.7. The van der Waals surface area contributed by atoms with Gasteiger partial charge in [0.2, 0.25) is 5.91 Å². The highest BCUT2D eigenvalue weighted by Crippen LogP contribution is 2.36. The van der Waals surface area contributed by atoms with E-state index in [1.807, 2.05) is 4.90 Å². The molecule has 0 spiro atoms. The van der Waals surface area contributed by atoms with Crippen LogP contribution in [0.1, 0.15) is 49.9 Å². The summed E-state index contributed by atoms with van der Waals surface area (Å²) in [6.45, 7) is 4.23. The van der Waals surface area contributed by atoms with E-state index < -0.39 is 30.1 Å². The lowest BCUT2D eigenvalue weighted by atomic mass is 9.77. The largest absolute Gasteiger partial charge is 0.494 e. The number of nitrogens with zero attached hydrogens (tertiary/aromatic N) is 1. The zero-order chi connectivity index (χ0) is 21.1. The Morgan fingerprint density at radius 3 is 2.69 bits per heavy atom. The summed E-state index contributed by atoms with van der Waals surface area (Å²) >= 11 is 0. The number of methoxy groups -OCH3 is 1. The number of halogens is 1. The van der Waals surface area contributed by atoms with Gasteiger partial charge in [0, 0.05) is 24.6 Å². The Kier molecular flexibility index (Phi) is 6.55. The van der Waals surface area contributed by atoms with Crippen LogP contribution in [-0.4, -0.2) is 48.9 Å². The van der Waals surface area contributed by atoms with Gasteiger partial charge in [-0.25, -0.2) is 4.39 Å². The zero-order valence-corrected chi connectivity index (χ0v) is 17.2. The SMILES string of the molecule is COc1ccc(C(=O)COC(=O)[C@@H]2CC(=O)N([C@H]3CCC[C@H](C)[C@H]3C)C2)cc1F. The highest BCUT2D eigenvalue weighted by Gasteiger charge is 2.42. The highest BCUT2D eigenvalue weighted by molar-refractivity contribution is 5.98. The number of hydrogen-bond donors (Lipinski definition) is 0. The maximum absolute atomic E-state index is 13.7. The number of benzene rings is 1. The van der Waals surface area contributed by atoms with Crippen LogP contribution in [-0.2, 0) is 14.3 Å². The van der Waals surface area contributed by atoms with E-state index in [9.17, 15) is 18.8 Å². The average molecular weight is 405 g/mol. The Morgan fingerprint density at radius 1 is 1.24 bits per heavy atom. The molecule has 1 heterocycles. The molecule has 2 fully saturated rings. The molecular formula is C22H28FNO5. The molecule has 3 rings (SSSR count). The quantitative estimate of drug-likeness (QED) is 0.537. The second kappa shape index (κ2) is 8.93. The molecule has 1 aromatic carbocycles. The van der Waals surface area contributed by atoms with Crippen molar-refractivity contribution in [2.45, 2.75) is 45.6 Å². The van der Waals surface area contributed by atoms with Gasteiger partial charge in [-0.15, -0.1) is 0 Å². The van der Waals surface area contributed by atoms with E-state index in [0.717, 1.165) is 18.9 Å². The number of ketones is 1. The highest BCUT2D eigenvalue weighted by atomic mass is 19.1. The molecule has 2 aliphatic rings. The second-order valence-corrected chi connectivity index (χ2v) is 8.16. The number of amides is 1. The smallest absolute Gasteiger partial charge is 0.311 e. The third-order valence-electron chi connectivity index (χ3n) is 6.38. The van der Waals surface area contributed by atoms with Crippen LogP contribution in [0.4, 0.5) is 4.39 Å². The van der Waals surface area contributed by atoms with E-state index in [-0.39, 0.29) is 29.7 Å². The predicted octanol–water partition coefficient (Wildman–Crippen LogP) is 3.23. The molecule has 0 bridgehead atoms. The maximum Gasteiger partial charge on any atom is 0.311 e. The van der Waals surface area contributed by atoms with Crippen LogP contribution in [0.5, 0.6) is 5.75 Å². The van der Waals surface area contributed by atoms with Crippen LogP contribution in [0, 0.1) is 23.6 Å². The Morgan fingerprint density at radius 2 is 2.00 bits per heavy atom. The lowest BCUT2D eigenvalue weighted by Gasteiger charge is -2.39. The fourth-order valence-electron chi connectivity index (χ4n) is 4.38. The molecule has 1 aliphatic heterocycles. The van der Waals surface area contributed by atoms with Crippen molar-refractivity contribution in [3.63, 3.8) is 0 Å². The first kappa shape index (κ1) is 21.3. The van der Waals surface area contributed by atoms with Gasteiger partial charge < -0.3 is 14.4 Å². The minimum atomic E-state index is -0.655. The number of carbonyl (C=O) groups is 3. The second-order valence-electron chi connectivity index (χ2n) is 8.16. The lowest BCUT2D eigenvalue weighted by Crippen LogP contribution is -2.45. The predicted molar refractivity (Wildman–Crippen MR) is 104 cm³/mol. The summed E-state index contributed by atoms with van der Waals surface area (Å²) in [5.74, 6) is -1.32. The molecular weight excluding hydrogens is 377 g/mol. The van der Waals surface area contributed by atoms with Crippen LogP contribution >= 0.6 is 0 Å². The van der Waals surface area contributed by atoms with Gasteiger partial charge in [-0.05, 0) is 36.5 Å². The van der Waals surface area contributed by atoms with Crippen LogP contribution in [0.15, 0.2) is 18.2 Å². The van der Waals surface area contributed by atoms with Crippen LogP contribution in [0.3, 0.4) is 0 Å². The third kappa shape index (κ3) is 4.60. The summed E-state index contributed by atoms with van der Waals surface area (Å²) in [6, 6.07) is 3.99. The van der Waals surface area contributed by atoms with Gasteiger partial charge in [-0.3, -0.25) is 14.4 Å². The Hall–Kier alpha value is -2.44. The molecule has 4 atom stereocenters. The molecule has 29 heavy (non-hydrogen) atoms. The molecule has 0 N–H and O–H groups in total. The van der Waals surface area contributed by atoms with Crippen molar-refractivity contribution < 1.29 is 28.2 Å². The van der Waals surface area contributed by atoms with Gasteiger partial charge in [0.05, 0.1) is 13.0 Å². The van der Waals surface area contributed by atoms with Crippen molar-refractivity contribution in [2.24, 2.45) is 17.8 Å². The molecule has 1 aromatic rings. The number of hydrogen-bond acceptors (Lipinski definition) is 5. The van der Waals surface area contributed by atoms with E-state index in [4.69, 9.17) is 9.47 Å². The zero-order valence-electron chi connectivity index (χ0n) is 17.2. The van der Waals surface area contributed by atoms with E-state index >= 15 is 0 Å². The summed E-state index contributed by atoms with van der Waals surface area (Å²) in [5, 5.41) is 0. The molecule has 0 radical (unpaired) electrons. The molecule has 0 unspecified atom stereocenters.